The second-order valence-corrected chi connectivity index (χ2v) is 10.8. The van der Waals surface area contributed by atoms with Crippen LogP contribution in [0.2, 0.25) is 0 Å². The van der Waals surface area contributed by atoms with Crippen LogP contribution in [0.4, 0.5) is 0 Å². The van der Waals surface area contributed by atoms with E-state index in [0.717, 1.165) is 68.4 Å². The minimum absolute atomic E-state index is 0. The molecule has 0 unspecified atom stereocenters. The molecule has 1 N–H and O–H groups in total. The smallest absolute Gasteiger partial charge is 0.0725 e. The Morgan fingerprint density at radius 2 is 1.20 bits per heavy atom. The number of aryl methyl sites for hydroxylation is 6. The summed E-state index contributed by atoms with van der Waals surface area (Å²) in [5.74, 6) is 0. The van der Waals surface area contributed by atoms with Crippen LogP contribution in [0.3, 0.4) is 0 Å². The topological polar surface area (TPSA) is 46.5 Å². The van der Waals surface area contributed by atoms with Crippen molar-refractivity contribution in [3.05, 3.63) is 68.8 Å². The molecule has 4 nitrogen and oxygen atoms in total. The quantitative estimate of drug-likeness (QED) is 0.223. The van der Waals surface area contributed by atoms with E-state index in [1.54, 1.807) is 0 Å². The van der Waals surface area contributed by atoms with Gasteiger partial charge in [-0.3, -0.25) is 0 Å². The Kier molecular flexibility index (Phi) is 9.83. The number of hydrogen-bond acceptors (Lipinski definition) is 2. The van der Waals surface area contributed by atoms with Gasteiger partial charge in [0.25, 0.3) is 0 Å². The van der Waals surface area contributed by atoms with Gasteiger partial charge in [-0.05, 0) is 110 Å². The van der Waals surface area contributed by atoms with Gasteiger partial charge in [-0.2, -0.15) is 0 Å². The summed E-state index contributed by atoms with van der Waals surface area (Å²) in [7, 11) is 0. The van der Waals surface area contributed by atoms with Gasteiger partial charge in [0.15, 0.2) is 0 Å². The standard InChI is InChI=1S/C36H46N4.Cr/c1-9-22-19-25-20-23-17-18-24(37-23)21-32-26(10-2)29(13-5)36(40(32)16-8)31(15-7)35-28(12-4)27(11-3)34(39-35)30(14-6)33(22)38-25;/h17-21,38H,9-16H2,1-8H3;. The second kappa shape index (κ2) is 13.0. The molecule has 0 spiro atoms. The Hall–Kier alpha value is -2.87. The van der Waals surface area contributed by atoms with Crippen molar-refractivity contribution in [1.29, 1.82) is 0 Å². The molecule has 0 aliphatic carbocycles. The summed E-state index contributed by atoms with van der Waals surface area (Å²) >= 11 is 0. The Morgan fingerprint density at radius 1 is 0.610 bits per heavy atom. The van der Waals surface area contributed by atoms with Gasteiger partial charge in [0.2, 0.25) is 0 Å². The van der Waals surface area contributed by atoms with Gasteiger partial charge in [0, 0.05) is 51.6 Å². The number of fused-ring (bicyclic) bond motifs is 8. The van der Waals surface area contributed by atoms with Gasteiger partial charge in [-0.1, -0.05) is 48.5 Å². The number of aromatic nitrogens is 4. The number of hydrogen-bond donors (Lipinski definition) is 1. The number of allylic oxidation sites excluding steroid dienone is 2. The van der Waals surface area contributed by atoms with Crippen molar-refractivity contribution in [1.82, 2.24) is 19.5 Å². The largest absolute Gasteiger partial charge is 0.355 e. The first kappa shape index (κ1) is 31.1. The van der Waals surface area contributed by atoms with Crippen LogP contribution in [-0.4, -0.2) is 19.5 Å². The van der Waals surface area contributed by atoms with E-state index in [0.29, 0.717) is 0 Å². The third-order valence-electron chi connectivity index (χ3n) is 8.85. The van der Waals surface area contributed by atoms with E-state index < -0.39 is 0 Å². The number of aromatic amines is 1. The minimum Gasteiger partial charge on any atom is -0.355 e. The molecular weight excluding hydrogens is 540 g/mol. The molecule has 2 aliphatic rings. The van der Waals surface area contributed by atoms with Crippen LogP contribution in [0.25, 0.3) is 45.4 Å². The molecule has 2 aliphatic heterocycles. The molecule has 0 radical (unpaired) electrons. The Bertz CT molecular complexity index is 1680. The van der Waals surface area contributed by atoms with E-state index in [1.165, 1.54) is 66.9 Å². The molecule has 5 rings (SSSR count). The van der Waals surface area contributed by atoms with Crippen molar-refractivity contribution in [3.63, 3.8) is 0 Å². The van der Waals surface area contributed by atoms with E-state index in [-0.39, 0.29) is 17.4 Å². The van der Waals surface area contributed by atoms with Crippen LogP contribution in [0.1, 0.15) is 119 Å². The van der Waals surface area contributed by atoms with Crippen molar-refractivity contribution in [2.45, 2.75) is 107 Å². The molecule has 3 aromatic rings. The van der Waals surface area contributed by atoms with Crippen LogP contribution in [-0.2, 0) is 56.0 Å². The summed E-state index contributed by atoms with van der Waals surface area (Å²) in [6.07, 6.45) is 11.2. The van der Waals surface area contributed by atoms with E-state index in [2.05, 4.69) is 95.3 Å². The number of nitrogens with zero attached hydrogens (tertiary/aromatic N) is 3. The normalized spacial score (nSPS) is 12.8. The van der Waals surface area contributed by atoms with Gasteiger partial charge in [-0.15, -0.1) is 0 Å². The molecule has 216 valence electrons. The summed E-state index contributed by atoms with van der Waals surface area (Å²) in [5.41, 5.74) is 19.3. The van der Waals surface area contributed by atoms with Crippen LogP contribution in [0.5, 0.6) is 0 Å². The van der Waals surface area contributed by atoms with Crippen molar-refractivity contribution >= 4 is 45.4 Å². The maximum atomic E-state index is 5.61. The van der Waals surface area contributed by atoms with Crippen molar-refractivity contribution in [2.75, 3.05) is 0 Å². The molecule has 5 heteroatoms. The Morgan fingerprint density at radius 3 is 1.73 bits per heavy atom. The zero-order valence-corrected chi connectivity index (χ0v) is 27.6. The predicted molar refractivity (Wildman–Crippen MR) is 174 cm³/mol. The van der Waals surface area contributed by atoms with Crippen molar-refractivity contribution < 1.29 is 17.4 Å². The SMILES string of the molecule is CCC1=C(CC)c2nc1c(CC)c1[nH]c(cc3nc(cc4c(CC)c(CC)c(c2CC)n4CC)C=C3)cc1CC.[Cr]. The molecule has 5 heterocycles. The summed E-state index contributed by atoms with van der Waals surface area (Å²) in [6, 6.07) is 6.80. The predicted octanol–water partition coefficient (Wildman–Crippen LogP) is 9.52. The monoisotopic (exact) mass is 586 g/mol. The van der Waals surface area contributed by atoms with Crippen LogP contribution < -0.4 is 0 Å². The molecule has 0 fully saturated rings. The fourth-order valence-electron chi connectivity index (χ4n) is 7.06. The van der Waals surface area contributed by atoms with Gasteiger partial charge >= 0.3 is 0 Å². The third kappa shape index (κ3) is 5.17. The van der Waals surface area contributed by atoms with E-state index in [1.807, 2.05) is 0 Å². The molecule has 0 aromatic carbocycles. The first-order chi connectivity index (χ1) is 19.5. The van der Waals surface area contributed by atoms with E-state index in [4.69, 9.17) is 9.97 Å². The zero-order valence-electron chi connectivity index (χ0n) is 26.3. The third-order valence-corrected chi connectivity index (χ3v) is 8.85. The Labute approximate surface area is 257 Å². The van der Waals surface area contributed by atoms with Crippen LogP contribution in [0, 0.1) is 0 Å². The summed E-state index contributed by atoms with van der Waals surface area (Å²) in [5, 5.41) is 0. The minimum atomic E-state index is 0. The first-order valence-corrected chi connectivity index (χ1v) is 15.7. The first-order valence-electron chi connectivity index (χ1n) is 15.7. The molecular formula is C36H46CrN4. The number of H-pyrrole nitrogens is 1. The van der Waals surface area contributed by atoms with Crippen molar-refractivity contribution in [3.8, 4) is 0 Å². The average molecular weight is 587 g/mol. The zero-order chi connectivity index (χ0) is 28.6. The summed E-state index contributed by atoms with van der Waals surface area (Å²) in [4.78, 5) is 14.4. The number of nitrogens with one attached hydrogen (secondary N) is 1. The van der Waals surface area contributed by atoms with E-state index >= 15 is 0 Å². The van der Waals surface area contributed by atoms with Gasteiger partial charge in [0.05, 0.1) is 28.3 Å². The second-order valence-electron chi connectivity index (χ2n) is 10.8. The summed E-state index contributed by atoms with van der Waals surface area (Å²) < 4.78 is 2.55. The maximum absolute atomic E-state index is 5.61. The molecule has 3 aromatic heterocycles. The van der Waals surface area contributed by atoms with E-state index in [9.17, 15) is 0 Å². The molecule has 0 saturated carbocycles. The van der Waals surface area contributed by atoms with Crippen molar-refractivity contribution in [2.24, 2.45) is 0 Å². The molecule has 41 heavy (non-hydrogen) atoms. The van der Waals surface area contributed by atoms with Gasteiger partial charge < -0.3 is 9.55 Å². The molecule has 0 amide bonds. The fourth-order valence-corrected chi connectivity index (χ4v) is 7.06. The maximum Gasteiger partial charge on any atom is 0.0725 e. The molecule has 8 bridgehead atoms. The molecule has 0 saturated heterocycles. The Balaban J connectivity index is 0.00000387. The average Bonchev–Trinajstić information content (AvgIpc) is 3.73. The van der Waals surface area contributed by atoms with Gasteiger partial charge in [0.1, 0.15) is 0 Å². The number of rotatable bonds is 8. The van der Waals surface area contributed by atoms with Crippen LogP contribution in [0.15, 0.2) is 18.2 Å². The summed E-state index contributed by atoms with van der Waals surface area (Å²) in [6.45, 7) is 19.2. The fraction of sp³-hybridized carbons (Fsp3) is 0.444. The van der Waals surface area contributed by atoms with Gasteiger partial charge in [-0.25, -0.2) is 9.97 Å². The molecule has 0 atom stereocenters. The van der Waals surface area contributed by atoms with Crippen LogP contribution >= 0.6 is 0 Å².